The van der Waals surface area contributed by atoms with Gasteiger partial charge in [0, 0.05) is 13.6 Å². The summed E-state index contributed by atoms with van der Waals surface area (Å²) in [5, 5.41) is 0. The number of amides is 1. The molecule has 0 bridgehead atoms. The smallest absolute Gasteiger partial charge is 0.289 e. The fourth-order valence-electron chi connectivity index (χ4n) is 1.36. The third kappa shape index (κ3) is 1.91. The van der Waals surface area contributed by atoms with E-state index in [0.717, 1.165) is 12.5 Å². The Bertz CT molecular complexity index is 288. The number of nitrogens with zero attached hydrogens (tertiary/aromatic N) is 1. The van der Waals surface area contributed by atoms with Crippen LogP contribution in [-0.2, 0) is 0 Å². The summed E-state index contributed by atoms with van der Waals surface area (Å²) in [5.41, 5.74) is 0. The molecule has 1 aromatic rings. The van der Waals surface area contributed by atoms with Gasteiger partial charge in [0.15, 0.2) is 5.76 Å². The Balaban J connectivity index is 1.95. The number of carbonyl (C=O) groups is 1. The Kier molecular flexibility index (Phi) is 2.08. The van der Waals surface area contributed by atoms with Crippen molar-refractivity contribution in [1.29, 1.82) is 0 Å². The van der Waals surface area contributed by atoms with Gasteiger partial charge in [-0.1, -0.05) is 0 Å². The molecule has 1 saturated carbocycles. The van der Waals surface area contributed by atoms with Crippen LogP contribution in [-0.4, -0.2) is 24.4 Å². The zero-order chi connectivity index (χ0) is 9.26. The van der Waals surface area contributed by atoms with E-state index >= 15 is 0 Å². The summed E-state index contributed by atoms with van der Waals surface area (Å²) in [5.74, 6) is 1.14. The van der Waals surface area contributed by atoms with Gasteiger partial charge in [-0.2, -0.15) is 0 Å². The first kappa shape index (κ1) is 8.35. The van der Waals surface area contributed by atoms with Gasteiger partial charge in [-0.15, -0.1) is 0 Å². The van der Waals surface area contributed by atoms with E-state index in [4.69, 9.17) is 4.42 Å². The van der Waals surface area contributed by atoms with Gasteiger partial charge in [-0.3, -0.25) is 4.79 Å². The molecule has 2 rings (SSSR count). The molecule has 1 aromatic heterocycles. The van der Waals surface area contributed by atoms with Crippen molar-refractivity contribution in [2.75, 3.05) is 13.6 Å². The molecule has 0 radical (unpaired) electrons. The van der Waals surface area contributed by atoms with Crippen molar-refractivity contribution in [3.05, 3.63) is 24.2 Å². The summed E-state index contributed by atoms with van der Waals surface area (Å²) < 4.78 is 5.03. The molecule has 3 heteroatoms. The largest absolute Gasteiger partial charge is 0.459 e. The lowest BCUT2D eigenvalue weighted by Crippen LogP contribution is -2.28. The van der Waals surface area contributed by atoms with Gasteiger partial charge in [0.1, 0.15) is 0 Å². The molecule has 1 aliphatic carbocycles. The van der Waals surface area contributed by atoms with Gasteiger partial charge in [-0.05, 0) is 30.9 Å². The molecular weight excluding hydrogens is 166 g/mol. The molecule has 0 saturated heterocycles. The first-order chi connectivity index (χ1) is 6.27. The van der Waals surface area contributed by atoms with Crippen molar-refractivity contribution < 1.29 is 9.21 Å². The quantitative estimate of drug-likeness (QED) is 0.708. The zero-order valence-electron chi connectivity index (χ0n) is 7.69. The van der Waals surface area contributed by atoms with Gasteiger partial charge in [0.05, 0.1) is 6.26 Å². The van der Waals surface area contributed by atoms with E-state index in [1.807, 2.05) is 7.05 Å². The number of furan rings is 1. The van der Waals surface area contributed by atoms with Crippen LogP contribution in [0.2, 0.25) is 0 Å². The maximum absolute atomic E-state index is 11.6. The zero-order valence-corrected chi connectivity index (χ0v) is 7.69. The van der Waals surface area contributed by atoms with Crippen LogP contribution in [0, 0.1) is 5.92 Å². The topological polar surface area (TPSA) is 33.5 Å². The van der Waals surface area contributed by atoms with Crippen molar-refractivity contribution in [2.24, 2.45) is 5.92 Å². The molecule has 0 spiro atoms. The minimum Gasteiger partial charge on any atom is -0.459 e. The lowest BCUT2D eigenvalue weighted by molar-refractivity contribution is 0.0757. The van der Waals surface area contributed by atoms with Gasteiger partial charge in [-0.25, -0.2) is 0 Å². The molecule has 0 atom stereocenters. The molecule has 3 nitrogen and oxygen atoms in total. The second-order valence-electron chi connectivity index (χ2n) is 3.61. The van der Waals surface area contributed by atoms with Crippen LogP contribution < -0.4 is 0 Å². The average molecular weight is 179 g/mol. The Morgan fingerprint density at radius 3 is 3.00 bits per heavy atom. The second-order valence-corrected chi connectivity index (χ2v) is 3.61. The van der Waals surface area contributed by atoms with Gasteiger partial charge in [0.25, 0.3) is 5.91 Å². The van der Waals surface area contributed by atoms with Crippen molar-refractivity contribution in [3.63, 3.8) is 0 Å². The lowest BCUT2D eigenvalue weighted by atomic mass is 10.3. The highest BCUT2D eigenvalue weighted by Crippen LogP contribution is 2.29. The van der Waals surface area contributed by atoms with Crippen LogP contribution in [0.25, 0.3) is 0 Å². The van der Waals surface area contributed by atoms with Crippen molar-refractivity contribution in [3.8, 4) is 0 Å². The first-order valence-electron chi connectivity index (χ1n) is 4.56. The van der Waals surface area contributed by atoms with Gasteiger partial charge < -0.3 is 9.32 Å². The minimum atomic E-state index is -0.0168. The average Bonchev–Trinajstić information content (AvgIpc) is 2.78. The maximum Gasteiger partial charge on any atom is 0.289 e. The fourth-order valence-corrected chi connectivity index (χ4v) is 1.36. The molecule has 70 valence electrons. The third-order valence-corrected chi connectivity index (χ3v) is 2.31. The molecule has 1 amide bonds. The van der Waals surface area contributed by atoms with Crippen molar-refractivity contribution in [1.82, 2.24) is 4.90 Å². The SMILES string of the molecule is CN(CC1CC1)C(=O)c1ccco1. The van der Waals surface area contributed by atoms with Crippen LogP contribution in [0.15, 0.2) is 22.8 Å². The van der Waals surface area contributed by atoms with E-state index in [1.54, 1.807) is 17.0 Å². The molecule has 1 fully saturated rings. The minimum absolute atomic E-state index is 0.0168. The van der Waals surface area contributed by atoms with Crippen LogP contribution in [0.4, 0.5) is 0 Å². The highest BCUT2D eigenvalue weighted by Gasteiger charge is 2.25. The molecular formula is C10H13NO2. The van der Waals surface area contributed by atoms with E-state index in [0.29, 0.717) is 5.76 Å². The van der Waals surface area contributed by atoms with Gasteiger partial charge >= 0.3 is 0 Å². The maximum atomic E-state index is 11.6. The summed E-state index contributed by atoms with van der Waals surface area (Å²) in [6.45, 7) is 0.861. The van der Waals surface area contributed by atoms with Crippen LogP contribution in [0.3, 0.4) is 0 Å². The van der Waals surface area contributed by atoms with E-state index in [2.05, 4.69) is 0 Å². The van der Waals surface area contributed by atoms with E-state index < -0.39 is 0 Å². The van der Waals surface area contributed by atoms with Gasteiger partial charge in [0.2, 0.25) is 0 Å². The Morgan fingerprint density at radius 2 is 2.46 bits per heavy atom. The summed E-state index contributed by atoms with van der Waals surface area (Å²) >= 11 is 0. The lowest BCUT2D eigenvalue weighted by Gasteiger charge is -2.14. The molecule has 0 aliphatic heterocycles. The number of rotatable bonds is 3. The van der Waals surface area contributed by atoms with E-state index in [9.17, 15) is 4.79 Å². The Labute approximate surface area is 77.3 Å². The fraction of sp³-hybridized carbons (Fsp3) is 0.500. The standard InChI is InChI=1S/C10H13NO2/c1-11(7-8-4-5-8)10(12)9-3-2-6-13-9/h2-3,6,8H,4-5,7H2,1H3. The highest BCUT2D eigenvalue weighted by molar-refractivity contribution is 5.91. The molecule has 1 heterocycles. The van der Waals surface area contributed by atoms with Crippen LogP contribution >= 0.6 is 0 Å². The summed E-state index contributed by atoms with van der Waals surface area (Å²) in [6, 6.07) is 3.43. The van der Waals surface area contributed by atoms with Crippen molar-refractivity contribution >= 4 is 5.91 Å². The summed E-state index contributed by atoms with van der Waals surface area (Å²) in [6.07, 6.45) is 4.05. The number of hydrogen-bond acceptors (Lipinski definition) is 2. The number of hydrogen-bond donors (Lipinski definition) is 0. The van der Waals surface area contributed by atoms with E-state index in [1.165, 1.54) is 19.1 Å². The Morgan fingerprint density at radius 1 is 1.69 bits per heavy atom. The predicted molar refractivity (Wildman–Crippen MR) is 48.4 cm³/mol. The van der Waals surface area contributed by atoms with Crippen LogP contribution in [0.5, 0.6) is 0 Å². The molecule has 0 aromatic carbocycles. The number of carbonyl (C=O) groups excluding carboxylic acids is 1. The molecule has 0 N–H and O–H groups in total. The second kappa shape index (κ2) is 3.24. The highest BCUT2D eigenvalue weighted by atomic mass is 16.3. The Hall–Kier alpha value is -1.25. The van der Waals surface area contributed by atoms with E-state index in [-0.39, 0.29) is 5.91 Å². The summed E-state index contributed by atoms with van der Waals surface area (Å²) in [4.78, 5) is 13.3. The first-order valence-corrected chi connectivity index (χ1v) is 4.56. The predicted octanol–water partition coefficient (Wildman–Crippen LogP) is 1.76. The van der Waals surface area contributed by atoms with Crippen LogP contribution in [0.1, 0.15) is 23.4 Å². The van der Waals surface area contributed by atoms with Crippen molar-refractivity contribution in [2.45, 2.75) is 12.8 Å². The molecule has 0 unspecified atom stereocenters. The monoisotopic (exact) mass is 179 g/mol. The molecule has 1 aliphatic rings. The normalized spacial score (nSPS) is 15.8. The summed E-state index contributed by atoms with van der Waals surface area (Å²) in [7, 11) is 1.82. The third-order valence-electron chi connectivity index (χ3n) is 2.31. The molecule has 13 heavy (non-hydrogen) atoms.